The molecule has 1 aromatic heterocycles. The molecule has 0 saturated heterocycles. The molecule has 2 aromatic rings. The number of nitrogen functional groups attached to an aromatic ring is 1. The average molecular weight is 235 g/mol. The zero-order valence-corrected chi connectivity index (χ0v) is 9.70. The SMILES string of the molecule is Cc1cnc(C(C)Nc2cc(F)ccc2N)o1. The molecule has 1 heterocycles. The van der Waals surface area contributed by atoms with Gasteiger partial charge in [-0.2, -0.15) is 0 Å². The van der Waals surface area contributed by atoms with Crippen LogP contribution in [0.3, 0.4) is 0 Å². The summed E-state index contributed by atoms with van der Waals surface area (Å²) in [6, 6.07) is 4.01. The zero-order chi connectivity index (χ0) is 12.4. The van der Waals surface area contributed by atoms with Crippen LogP contribution in [0.2, 0.25) is 0 Å². The van der Waals surface area contributed by atoms with Gasteiger partial charge in [-0.3, -0.25) is 0 Å². The molecule has 0 radical (unpaired) electrons. The first-order chi connectivity index (χ1) is 8.06. The van der Waals surface area contributed by atoms with Crippen molar-refractivity contribution >= 4 is 11.4 Å². The highest BCUT2D eigenvalue weighted by atomic mass is 19.1. The van der Waals surface area contributed by atoms with Gasteiger partial charge in [0.2, 0.25) is 5.89 Å². The summed E-state index contributed by atoms with van der Waals surface area (Å²) in [5.41, 5.74) is 6.76. The average Bonchev–Trinajstić information content (AvgIpc) is 2.70. The second-order valence-corrected chi connectivity index (χ2v) is 3.91. The van der Waals surface area contributed by atoms with Gasteiger partial charge in [-0.25, -0.2) is 9.37 Å². The number of nitrogens with two attached hydrogens (primary N) is 1. The van der Waals surface area contributed by atoms with E-state index >= 15 is 0 Å². The van der Waals surface area contributed by atoms with Gasteiger partial charge in [-0.05, 0) is 32.0 Å². The van der Waals surface area contributed by atoms with Crippen molar-refractivity contribution in [3.63, 3.8) is 0 Å². The normalized spacial score (nSPS) is 12.4. The quantitative estimate of drug-likeness (QED) is 0.803. The van der Waals surface area contributed by atoms with Crippen LogP contribution in [-0.4, -0.2) is 4.98 Å². The van der Waals surface area contributed by atoms with Gasteiger partial charge in [0.25, 0.3) is 0 Å². The van der Waals surface area contributed by atoms with Gasteiger partial charge in [-0.15, -0.1) is 0 Å². The second-order valence-electron chi connectivity index (χ2n) is 3.91. The number of aromatic nitrogens is 1. The van der Waals surface area contributed by atoms with Crippen LogP contribution in [0.4, 0.5) is 15.8 Å². The van der Waals surface area contributed by atoms with E-state index in [2.05, 4.69) is 10.3 Å². The predicted molar refractivity (Wildman–Crippen MR) is 64.1 cm³/mol. The van der Waals surface area contributed by atoms with E-state index in [1.54, 1.807) is 6.20 Å². The van der Waals surface area contributed by atoms with Crippen molar-refractivity contribution in [1.82, 2.24) is 4.98 Å². The molecular weight excluding hydrogens is 221 g/mol. The molecule has 5 heteroatoms. The van der Waals surface area contributed by atoms with Crippen LogP contribution in [-0.2, 0) is 0 Å². The Morgan fingerprint density at radius 3 is 2.88 bits per heavy atom. The van der Waals surface area contributed by atoms with Crippen LogP contribution in [0.25, 0.3) is 0 Å². The molecule has 0 bridgehead atoms. The highest BCUT2D eigenvalue weighted by molar-refractivity contribution is 5.66. The zero-order valence-electron chi connectivity index (χ0n) is 9.70. The number of nitrogens with zero attached hydrogens (tertiary/aromatic N) is 1. The molecule has 0 aliphatic carbocycles. The van der Waals surface area contributed by atoms with E-state index in [1.807, 2.05) is 13.8 Å². The Balaban J connectivity index is 2.18. The fourth-order valence-corrected chi connectivity index (χ4v) is 1.52. The van der Waals surface area contributed by atoms with Gasteiger partial charge in [-0.1, -0.05) is 0 Å². The minimum Gasteiger partial charge on any atom is -0.444 e. The number of hydrogen-bond donors (Lipinski definition) is 2. The first kappa shape index (κ1) is 11.4. The summed E-state index contributed by atoms with van der Waals surface area (Å²) in [4.78, 5) is 4.10. The summed E-state index contributed by atoms with van der Waals surface area (Å²) in [7, 11) is 0. The number of aryl methyl sites for hydroxylation is 1. The van der Waals surface area contributed by atoms with Gasteiger partial charge in [0.05, 0.1) is 17.6 Å². The number of anilines is 2. The molecule has 1 unspecified atom stereocenters. The molecule has 3 N–H and O–H groups in total. The first-order valence-electron chi connectivity index (χ1n) is 5.30. The number of nitrogens with one attached hydrogen (secondary N) is 1. The smallest absolute Gasteiger partial charge is 0.216 e. The lowest BCUT2D eigenvalue weighted by Crippen LogP contribution is -2.08. The van der Waals surface area contributed by atoms with Crippen LogP contribution >= 0.6 is 0 Å². The topological polar surface area (TPSA) is 64.1 Å². The Kier molecular flexibility index (Phi) is 2.99. The fourth-order valence-electron chi connectivity index (χ4n) is 1.52. The molecule has 0 spiro atoms. The number of rotatable bonds is 3. The molecular formula is C12H14FN3O. The standard InChI is InChI=1S/C12H14FN3O/c1-7-6-15-12(17-7)8(2)16-11-5-9(13)3-4-10(11)14/h3-6,8,16H,14H2,1-2H3. The molecule has 1 aromatic carbocycles. The molecule has 0 fully saturated rings. The Labute approximate surface area is 98.7 Å². The highest BCUT2D eigenvalue weighted by Gasteiger charge is 2.12. The minimum atomic E-state index is -0.336. The van der Waals surface area contributed by atoms with Gasteiger partial charge >= 0.3 is 0 Å². The Hall–Kier alpha value is -2.04. The maximum absolute atomic E-state index is 13.1. The van der Waals surface area contributed by atoms with Crippen LogP contribution < -0.4 is 11.1 Å². The van der Waals surface area contributed by atoms with E-state index in [4.69, 9.17) is 10.2 Å². The van der Waals surface area contributed by atoms with Gasteiger partial charge in [0.15, 0.2) is 0 Å². The van der Waals surface area contributed by atoms with E-state index in [0.717, 1.165) is 5.76 Å². The number of benzene rings is 1. The van der Waals surface area contributed by atoms with E-state index in [1.165, 1.54) is 18.2 Å². The van der Waals surface area contributed by atoms with Crippen molar-refractivity contribution in [2.75, 3.05) is 11.1 Å². The first-order valence-corrected chi connectivity index (χ1v) is 5.30. The summed E-state index contributed by atoms with van der Waals surface area (Å²) in [6.07, 6.45) is 1.64. The lowest BCUT2D eigenvalue weighted by atomic mass is 10.2. The molecule has 4 nitrogen and oxygen atoms in total. The molecule has 0 aliphatic rings. The molecule has 0 saturated carbocycles. The van der Waals surface area contributed by atoms with Crippen molar-refractivity contribution in [2.45, 2.75) is 19.9 Å². The monoisotopic (exact) mass is 235 g/mol. The molecule has 2 rings (SSSR count). The Morgan fingerprint density at radius 1 is 1.47 bits per heavy atom. The van der Waals surface area contributed by atoms with Gasteiger partial charge < -0.3 is 15.5 Å². The maximum Gasteiger partial charge on any atom is 0.216 e. The molecule has 90 valence electrons. The third-order valence-electron chi connectivity index (χ3n) is 2.40. The Bertz CT molecular complexity index is 524. The Morgan fingerprint density at radius 2 is 2.24 bits per heavy atom. The highest BCUT2D eigenvalue weighted by Crippen LogP contribution is 2.24. The number of halogens is 1. The summed E-state index contributed by atoms with van der Waals surface area (Å²) in [5, 5.41) is 3.06. The van der Waals surface area contributed by atoms with Crippen LogP contribution in [0.5, 0.6) is 0 Å². The van der Waals surface area contributed by atoms with Crippen molar-refractivity contribution in [1.29, 1.82) is 0 Å². The van der Waals surface area contributed by atoms with Crippen molar-refractivity contribution in [2.24, 2.45) is 0 Å². The van der Waals surface area contributed by atoms with E-state index in [0.29, 0.717) is 17.3 Å². The second kappa shape index (κ2) is 4.45. The summed E-state index contributed by atoms with van der Waals surface area (Å²) in [6.45, 7) is 3.69. The van der Waals surface area contributed by atoms with Crippen molar-refractivity contribution < 1.29 is 8.81 Å². The summed E-state index contributed by atoms with van der Waals surface area (Å²) in [5.74, 6) is 0.949. The lowest BCUT2D eigenvalue weighted by Gasteiger charge is -2.13. The molecule has 0 aliphatic heterocycles. The summed E-state index contributed by atoms with van der Waals surface area (Å²) >= 11 is 0. The largest absolute Gasteiger partial charge is 0.444 e. The van der Waals surface area contributed by atoms with Gasteiger partial charge in [0, 0.05) is 0 Å². The van der Waals surface area contributed by atoms with E-state index in [-0.39, 0.29) is 11.9 Å². The third-order valence-corrected chi connectivity index (χ3v) is 2.40. The van der Waals surface area contributed by atoms with Gasteiger partial charge in [0.1, 0.15) is 17.6 Å². The van der Waals surface area contributed by atoms with Crippen LogP contribution in [0, 0.1) is 12.7 Å². The van der Waals surface area contributed by atoms with Crippen molar-refractivity contribution in [3.05, 3.63) is 41.9 Å². The van der Waals surface area contributed by atoms with Crippen molar-refractivity contribution in [3.8, 4) is 0 Å². The molecule has 1 atom stereocenters. The van der Waals surface area contributed by atoms with Crippen LogP contribution in [0.15, 0.2) is 28.8 Å². The third kappa shape index (κ3) is 2.55. The molecule has 0 amide bonds. The number of hydrogen-bond acceptors (Lipinski definition) is 4. The lowest BCUT2D eigenvalue weighted by molar-refractivity contribution is 0.453. The van der Waals surface area contributed by atoms with E-state index < -0.39 is 0 Å². The predicted octanol–water partition coefficient (Wildman–Crippen LogP) is 2.88. The maximum atomic E-state index is 13.1. The fraction of sp³-hybridized carbons (Fsp3) is 0.250. The summed E-state index contributed by atoms with van der Waals surface area (Å²) < 4.78 is 18.4. The van der Waals surface area contributed by atoms with Crippen LogP contribution in [0.1, 0.15) is 24.6 Å². The minimum absolute atomic E-state index is 0.173. The molecule has 17 heavy (non-hydrogen) atoms. The number of oxazole rings is 1. The van der Waals surface area contributed by atoms with E-state index in [9.17, 15) is 4.39 Å².